The number of hydrogen-bond acceptors (Lipinski definition) is 4. The standard InChI is InChI=1S/C24H33F3N6O2/c1-14(2)18-8-20-17(25)10-31(23(35)12-32(20)28-18)16(4)7-6-15(3)19-9-21-24(26,27)13-30(5)22(34)11-33(21)29-19/h8-9,14-17H,6-7,10-13H2,1-5H3. The SMILES string of the molecule is CC(C)c1cc2n(n1)CC(=O)N(C(C)CCC(C)c1cc3n(n1)CC(=O)N(C)CC3(F)F)CC2F. The normalized spacial score (nSPS) is 22.0. The summed E-state index contributed by atoms with van der Waals surface area (Å²) in [5, 5.41) is 8.71. The van der Waals surface area contributed by atoms with Crippen LogP contribution in [0.5, 0.6) is 0 Å². The van der Waals surface area contributed by atoms with Crippen LogP contribution in [0, 0.1) is 0 Å². The molecule has 35 heavy (non-hydrogen) atoms. The maximum atomic E-state index is 15.1. The number of carbonyl (C=O) groups excluding carboxylic acids is 2. The van der Waals surface area contributed by atoms with E-state index in [1.165, 1.54) is 17.8 Å². The smallest absolute Gasteiger partial charge is 0.306 e. The van der Waals surface area contributed by atoms with Gasteiger partial charge in [0.05, 0.1) is 30.2 Å². The van der Waals surface area contributed by atoms with E-state index >= 15 is 4.39 Å². The molecule has 3 unspecified atom stereocenters. The zero-order chi connectivity index (χ0) is 25.7. The van der Waals surface area contributed by atoms with Gasteiger partial charge in [-0.25, -0.2) is 4.39 Å². The number of alkyl halides is 3. The fourth-order valence-electron chi connectivity index (χ4n) is 4.73. The Bertz CT molecular complexity index is 1110. The van der Waals surface area contributed by atoms with Crippen LogP contribution < -0.4 is 0 Å². The minimum atomic E-state index is -3.19. The third kappa shape index (κ3) is 4.95. The maximum absolute atomic E-state index is 15.1. The van der Waals surface area contributed by atoms with Crippen molar-refractivity contribution in [2.75, 3.05) is 20.1 Å². The number of fused-ring (bicyclic) bond motifs is 2. The second-order valence-corrected chi connectivity index (χ2v) is 10.2. The Morgan fingerprint density at radius 2 is 1.66 bits per heavy atom. The van der Waals surface area contributed by atoms with Crippen LogP contribution in [0.4, 0.5) is 13.2 Å². The van der Waals surface area contributed by atoms with Gasteiger partial charge in [0.2, 0.25) is 11.8 Å². The second kappa shape index (κ2) is 9.31. The minimum absolute atomic E-state index is 0.00626. The molecule has 0 fully saturated rings. The lowest BCUT2D eigenvalue weighted by Crippen LogP contribution is -2.40. The molecule has 3 atom stereocenters. The molecule has 0 radical (unpaired) electrons. The summed E-state index contributed by atoms with van der Waals surface area (Å²) in [6.45, 7) is 6.75. The van der Waals surface area contributed by atoms with Gasteiger partial charge in [-0.05, 0) is 37.8 Å². The first-order valence-electron chi connectivity index (χ1n) is 12.1. The van der Waals surface area contributed by atoms with Gasteiger partial charge in [-0.15, -0.1) is 0 Å². The van der Waals surface area contributed by atoms with Gasteiger partial charge in [0.1, 0.15) is 18.8 Å². The first kappa shape index (κ1) is 25.2. The molecule has 2 aromatic heterocycles. The molecule has 11 heteroatoms. The lowest BCUT2D eigenvalue weighted by atomic mass is 9.97. The molecule has 2 aliphatic heterocycles. The van der Waals surface area contributed by atoms with Gasteiger partial charge >= 0.3 is 5.92 Å². The number of aromatic nitrogens is 4. The van der Waals surface area contributed by atoms with Crippen molar-refractivity contribution < 1.29 is 22.8 Å². The highest BCUT2D eigenvalue weighted by Crippen LogP contribution is 2.34. The van der Waals surface area contributed by atoms with Crippen LogP contribution in [-0.4, -0.2) is 67.4 Å². The van der Waals surface area contributed by atoms with E-state index in [0.29, 0.717) is 24.2 Å². The van der Waals surface area contributed by atoms with Gasteiger partial charge < -0.3 is 9.80 Å². The average molecular weight is 495 g/mol. The van der Waals surface area contributed by atoms with E-state index in [9.17, 15) is 18.4 Å². The third-order valence-electron chi connectivity index (χ3n) is 7.08. The van der Waals surface area contributed by atoms with E-state index in [1.54, 1.807) is 11.0 Å². The molecule has 0 saturated heterocycles. The van der Waals surface area contributed by atoms with E-state index in [0.717, 1.165) is 15.3 Å². The van der Waals surface area contributed by atoms with Gasteiger partial charge in [0.25, 0.3) is 0 Å². The number of halogens is 3. The number of hydrogen-bond donors (Lipinski definition) is 0. The number of nitrogens with zero attached hydrogens (tertiary/aromatic N) is 6. The molecule has 2 aromatic rings. The van der Waals surface area contributed by atoms with E-state index in [-0.39, 0.29) is 49.1 Å². The molecule has 8 nitrogen and oxygen atoms in total. The van der Waals surface area contributed by atoms with Crippen LogP contribution in [-0.2, 0) is 28.6 Å². The highest BCUT2D eigenvalue weighted by molar-refractivity contribution is 5.77. The quantitative estimate of drug-likeness (QED) is 0.615. The predicted molar refractivity (Wildman–Crippen MR) is 123 cm³/mol. The fraction of sp³-hybridized carbons (Fsp3) is 0.667. The molecule has 0 aromatic carbocycles. The summed E-state index contributed by atoms with van der Waals surface area (Å²) in [5.41, 5.74) is 1.41. The summed E-state index contributed by atoms with van der Waals surface area (Å²) in [5.74, 6) is -3.83. The van der Waals surface area contributed by atoms with Gasteiger partial charge in [-0.2, -0.15) is 19.0 Å². The Morgan fingerprint density at radius 1 is 1.00 bits per heavy atom. The van der Waals surface area contributed by atoms with E-state index in [4.69, 9.17) is 0 Å². The third-order valence-corrected chi connectivity index (χ3v) is 7.08. The lowest BCUT2D eigenvalue weighted by molar-refractivity contribution is -0.134. The summed E-state index contributed by atoms with van der Waals surface area (Å²) in [6.07, 6.45) is -0.206. The van der Waals surface area contributed by atoms with Gasteiger partial charge in [0, 0.05) is 19.0 Å². The number of carbonyl (C=O) groups is 2. The molecule has 2 amide bonds. The van der Waals surface area contributed by atoms with Crippen molar-refractivity contribution in [2.45, 2.75) is 83.6 Å². The Hall–Kier alpha value is -2.85. The van der Waals surface area contributed by atoms with Crippen LogP contribution in [0.2, 0.25) is 0 Å². The Morgan fingerprint density at radius 3 is 2.34 bits per heavy atom. The van der Waals surface area contributed by atoms with Crippen molar-refractivity contribution in [1.29, 1.82) is 0 Å². The fourth-order valence-corrected chi connectivity index (χ4v) is 4.73. The number of likely N-dealkylation sites (N-methyl/N-ethyl adjacent to an activating group) is 1. The van der Waals surface area contributed by atoms with Crippen LogP contribution in [0.3, 0.4) is 0 Å². The molecule has 4 heterocycles. The Balaban J connectivity index is 1.42. The highest BCUT2D eigenvalue weighted by Gasteiger charge is 2.42. The predicted octanol–water partition coefficient (Wildman–Crippen LogP) is 3.59. The van der Waals surface area contributed by atoms with Crippen LogP contribution >= 0.6 is 0 Å². The molecule has 4 rings (SSSR count). The Labute approximate surface area is 203 Å². The largest absolute Gasteiger partial charge is 0.338 e. The molecular formula is C24H33F3N6O2. The molecule has 0 bridgehead atoms. The topological polar surface area (TPSA) is 76.3 Å². The van der Waals surface area contributed by atoms with Crippen molar-refractivity contribution in [3.8, 4) is 0 Å². The molecule has 2 aliphatic rings. The first-order valence-corrected chi connectivity index (χ1v) is 12.1. The summed E-state index contributed by atoms with van der Waals surface area (Å²) in [6, 6.07) is 2.87. The van der Waals surface area contributed by atoms with Gasteiger partial charge in [-0.1, -0.05) is 20.8 Å². The molecular weight excluding hydrogens is 461 g/mol. The van der Waals surface area contributed by atoms with Crippen molar-refractivity contribution >= 4 is 11.8 Å². The van der Waals surface area contributed by atoms with Gasteiger partial charge in [0.15, 0.2) is 6.17 Å². The molecule has 192 valence electrons. The van der Waals surface area contributed by atoms with Crippen molar-refractivity contribution in [3.05, 3.63) is 34.9 Å². The molecule has 0 N–H and O–H groups in total. The second-order valence-electron chi connectivity index (χ2n) is 10.2. The zero-order valence-corrected chi connectivity index (χ0v) is 20.8. The summed E-state index contributed by atoms with van der Waals surface area (Å²) >= 11 is 0. The maximum Gasteiger partial charge on any atom is 0.306 e. The molecule has 0 aliphatic carbocycles. The summed E-state index contributed by atoms with van der Waals surface area (Å²) in [7, 11) is 1.36. The summed E-state index contributed by atoms with van der Waals surface area (Å²) < 4.78 is 46.9. The number of amides is 2. The number of rotatable bonds is 6. The van der Waals surface area contributed by atoms with Crippen LogP contribution in [0.25, 0.3) is 0 Å². The van der Waals surface area contributed by atoms with Crippen LogP contribution in [0.15, 0.2) is 12.1 Å². The lowest BCUT2D eigenvalue weighted by Gasteiger charge is -2.29. The first-order chi connectivity index (χ1) is 16.4. The molecule has 0 spiro atoms. The minimum Gasteiger partial charge on any atom is -0.338 e. The van der Waals surface area contributed by atoms with Crippen LogP contribution in [0.1, 0.15) is 81.3 Å². The van der Waals surface area contributed by atoms with E-state index in [1.807, 2.05) is 27.7 Å². The average Bonchev–Trinajstić information content (AvgIpc) is 3.35. The summed E-state index contributed by atoms with van der Waals surface area (Å²) in [4.78, 5) is 27.6. The van der Waals surface area contributed by atoms with Crippen molar-refractivity contribution in [1.82, 2.24) is 29.4 Å². The van der Waals surface area contributed by atoms with E-state index in [2.05, 4.69) is 10.2 Å². The van der Waals surface area contributed by atoms with Gasteiger partial charge in [-0.3, -0.25) is 19.0 Å². The van der Waals surface area contributed by atoms with E-state index < -0.39 is 24.5 Å². The highest BCUT2D eigenvalue weighted by atomic mass is 19.3. The molecule has 0 saturated carbocycles. The zero-order valence-electron chi connectivity index (χ0n) is 20.8. The Kier molecular flexibility index (Phi) is 6.72. The van der Waals surface area contributed by atoms with Crippen molar-refractivity contribution in [3.63, 3.8) is 0 Å². The van der Waals surface area contributed by atoms with Crippen molar-refractivity contribution in [2.24, 2.45) is 0 Å². The monoisotopic (exact) mass is 494 g/mol.